The molecule has 0 aliphatic heterocycles. The van der Waals surface area contributed by atoms with Crippen LogP contribution in [0.1, 0.15) is 31.4 Å². The SMILES string of the molecule is CCC(NC(=O)CC(CN)OC)c1cc(F)ccc1F. The van der Waals surface area contributed by atoms with Crippen LogP contribution in [0.25, 0.3) is 0 Å². The van der Waals surface area contributed by atoms with E-state index >= 15 is 0 Å². The summed E-state index contributed by atoms with van der Waals surface area (Å²) in [5.41, 5.74) is 5.58. The molecule has 0 saturated heterocycles. The van der Waals surface area contributed by atoms with E-state index in [2.05, 4.69) is 5.32 Å². The molecule has 112 valence electrons. The third kappa shape index (κ3) is 4.54. The fourth-order valence-electron chi connectivity index (χ4n) is 1.90. The number of amides is 1. The minimum absolute atomic E-state index is 0.0838. The van der Waals surface area contributed by atoms with Crippen LogP contribution in [0.2, 0.25) is 0 Å². The van der Waals surface area contributed by atoms with Gasteiger partial charge in [-0.25, -0.2) is 8.78 Å². The first kappa shape index (κ1) is 16.5. The Bertz CT molecular complexity index is 451. The van der Waals surface area contributed by atoms with Gasteiger partial charge in [-0.05, 0) is 24.6 Å². The molecule has 6 heteroatoms. The summed E-state index contributed by atoms with van der Waals surface area (Å²) in [6.07, 6.45) is 0.150. The predicted octanol–water partition coefficient (Wildman–Crippen LogP) is 1.90. The Labute approximate surface area is 117 Å². The Hall–Kier alpha value is -1.53. The van der Waals surface area contributed by atoms with Crippen LogP contribution in [0.15, 0.2) is 18.2 Å². The van der Waals surface area contributed by atoms with Crippen molar-refractivity contribution in [2.75, 3.05) is 13.7 Å². The molecule has 0 spiro atoms. The maximum atomic E-state index is 13.7. The second-order valence-corrected chi connectivity index (χ2v) is 4.49. The molecular formula is C14H20F2N2O2. The van der Waals surface area contributed by atoms with Crippen LogP contribution in [0.5, 0.6) is 0 Å². The number of carbonyl (C=O) groups excluding carboxylic acids is 1. The lowest BCUT2D eigenvalue weighted by atomic mass is 10.0. The first-order chi connectivity index (χ1) is 9.51. The summed E-state index contributed by atoms with van der Waals surface area (Å²) in [4.78, 5) is 11.8. The van der Waals surface area contributed by atoms with E-state index in [0.717, 1.165) is 18.2 Å². The average molecular weight is 286 g/mol. The first-order valence-corrected chi connectivity index (χ1v) is 6.49. The van der Waals surface area contributed by atoms with Crippen LogP contribution >= 0.6 is 0 Å². The topological polar surface area (TPSA) is 64.4 Å². The van der Waals surface area contributed by atoms with Crippen LogP contribution in [0.4, 0.5) is 8.78 Å². The highest BCUT2D eigenvalue weighted by atomic mass is 19.1. The Morgan fingerprint density at radius 2 is 2.15 bits per heavy atom. The predicted molar refractivity (Wildman–Crippen MR) is 72.0 cm³/mol. The number of hydrogen-bond donors (Lipinski definition) is 2. The lowest BCUT2D eigenvalue weighted by molar-refractivity contribution is -0.124. The number of carbonyl (C=O) groups is 1. The zero-order chi connectivity index (χ0) is 15.1. The van der Waals surface area contributed by atoms with Crippen LogP contribution in [0, 0.1) is 11.6 Å². The molecule has 0 saturated carbocycles. The van der Waals surface area contributed by atoms with Gasteiger partial charge in [-0.15, -0.1) is 0 Å². The van der Waals surface area contributed by atoms with Gasteiger partial charge in [0.05, 0.1) is 18.6 Å². The molecule has 2 atom stereocenters. The van der Waals surface area contributed by atoms with Crippen LogP contribution < -0.4 is 11.1 Å². The Morgan fingerprint density at radius 1 is 1.45 bits per heavy atom. The highest BCUT2D eigenvalue weighted by Gasteiger charge is 2.19. The van der Waals surface area contributed by atoms with Crippen molar-refractivity contribution in [1.29, 1.82) is 0 Å². The van der Waals surface area contributed by atoms with Gasteiger partial charge in [0.2, 0.25) is 5.91 Å². The van der Waals surface area contributed by atoms with Crippen molar-refractivity contribution in [2.45, 2.75) is 31.9 Å². The molecule has 1 rings (SSSR count). The fraction of sp³-hybridized carbons (Fsp3) is 0.500. The van der Waals surface area contributed by atoms with Gasteiger partial charge in [0.15, 0.2) is 0 Å². The molecule has 0 bridgehead atoms. The largest absolute Gasteiger partial charge is 0.380 e. The van der Waals surface area contributed by atoms with E-state index in [1.165, 1.54) is 7.11 Å². The van der Waals surface area contributed by atoms with Gasteiger partial charge in [-0.1, -0.05) is 6.92 Å². The summed E-state index contributed by atoms with van der Waals surface area (Å²) < 4.78 is 31.9. The van der Waals surface area contributed by atoms with E-state index in [1.807, 2.05) is 0 Å². The molecule has 2 unspecified atom stereocenters. The van der Waals surface area contributed by atoms with E-state index < -0.39 is 17.7 Å². The number of methoxy groups -OCH3 is 1. The Morgan fingerprint density at radius 3 is 2.70 bits per heavy atom. The molecule has 0 fully saturated rings. The highest BCUT2D eigenvalue weighted by molar-refractivity contribution is 5.77. The fourth-order valence-corrected chi connectivity index (χ4v) is 1.90. The quantitative estimate of drug-likeness (QED) is 0.804. The molecule has 0 aliphatic rings. The highest BCUT2D eigenvalue weighted by Crippen LogP contribution is 2.21. The smallest absolute Gasteiger partial charge is 0.223 e. The lowest BCUT2D eigenvalue weighted by Crippen LogP contribution is -2.34. The molecule has 20 heavy (non-hydrogen) atoms. The molecule has 0 heterocycles. The number of nitrogens with one attached hydrogen (secondary N) is 1. The van der Waals surface area contributed by atoms with Crippen LogP contribution in [-0.4, -0.2) is 25.7 Å². The van der Waals surface area contributed by atoms with Gasteiger partial charge in [0.1, 0.15) is 11.6 Å². The van der Waals surface area contributed by atoms with Gasteiger partial charge < -0.3 is 15.8 Å². The van der Waals surface area contributed by atoms with Gasteiger partial charge in [0, 0.05) is 19.2 Å². The zero-order valence-electron chi connectivity index (χ0n) is 11.7. The number of ether oxygens (including phenoxy) is 1. The summed E-state index contributed by atoms with van der Waals surface area (Å²) >= 11 is 0. The minimum Gasteiger partial charge on any atom is -0.380 e. The second-order valence-electron chi connectivity index (χ2n) is 4.49. The Kier molecular flexibility index (Phi) is 6.54. The number of nitrogens with two attached hydrogens (primary N) is 1. The Balaban J connectivity index is 2.76. The van der Waals surface area contributed by atoms with Crippen LogP contribution in [0.3, 0.4) is 0 Å². The summed E-state index contributed by atoms with van der Waals surface area (Å²) in [5, 5.41) is 2.67. The third-order valence-electron chi connectivity index (χ3n) is 3.09. The summed E-state index contributed by atoms with van der Waals surface area (Å²) in [7, 11) is 1.47. The molecule has 1 aromatic carbocycles. The molecule has 0 aromatic heterocycles. The number of hydrogen-bond acceptors (Lipinski definition) is 3. The van der Waals surface area contributed by atoms with E-state index in [4.69, 9.17) is 10.5 Å². The number of benzene rings is 1. The third-order valence-corrected chi connectivity index (χ3v) is 3.09. The normalized spacial score (nSPS) is 13.8. The maximum absolute atomic E-state index is 13.7. The van der Waals surface area contributed by atoms with Crippen molar-refractivity contribution in [2.24, 2.45) is 5.73 Å². The van der Waals surface area contributed by atoms with Crippen molar-refractivity contribution >= 4 is 5.91 Å². The van der Waals surface area contributed by atoms with Gasteiger partial charge >= 0.3 is 0 Å². The van der Waals surface area contributed by atoms with Crippen molar-refractivity contribution in [3.05, 3.63) is 35.4 Å². The molecule has 3 N–H and O–H groups in total. The number of halogens is 2. The first-order valence-electron chi connectivity index (χ1n) is 6.49. The van der Waals surface area contributed by atoms with E-state index in [0.29, 0.717) is 6.42 Å². The second kappa shape index (κ2) is 7.91. The molecule has 0 radical (unpaired) electrons. The molecular weight excluding hydrogens is 266 g/mol. The van der Waals surface area contributed by atoms with E-state index in [1.54, 1.807) is 6.92 Å². The lowest BCUT2D eigenvalue weighted by Gasteiger charge is -2.20. The van der Waals surface area contributed by atoms with Crippen LogP contribution in [-0.2, 0) is 9.53 Å². The minimum atomic E-state index is -0.575. The molecule has 1 aromatic rings. The molecule has 1 amide bonds. The molecule has 4 nitrogen and oxygen atoms in total. The van der Waals surface area contributed by atoms with Gasteiger partial charge in [-0.2, -0.15) is 0 Å². The monoisotopic (exact) mass is 286 g/mol. The van der Waals surface area contributed by atoms with Crippen molar-refractivity contribution in [3.63, 3.8) is 0 Å². The van der Waals surface area contributed by atoms with Gasteiger partial charge in [0.25, 0.3) is 0 Å². The zero-order valence-corrected chi connectivity index (χ0v) is 11.7. The van der Waals surface area contributed by atoms with E-state index in [-0.39, 0.29) is 30.5 Å². The number of rotatable bonds is 7. The standard InChI is InChI=1S/C14H20F2N2O2/c1-3-13(11-6-9(15)4-5-12(11)16)18-14(19)7-10(8-17)20-2/h4-6,10,13H,3,7-8,17H2,1-2H3,(H,18,19). The van der Waals surface area contributed by atoms with Crippen molar-refractivity contribution in [3.8, 4) is 0 Å². The van der Waals surface area contributed by atoms with Crippen molar-refractivity contribution in [1.82, 2.24) is 5.32 Å². The van der Waals surface area contributed by atoms with Crippen molar-refractivity contribution < 1.29 is 18.3 Å². The average Bonchev–Trinajstić information content (AvgIpc) is 2.45. The summed E-state index contributed by atoms with van der Waals surface area (Å²) in [6.45, 7) is 2.00. The molecule has 0 aliphatic carbocycles. The van der Waals surface area contributed by atoms with Gasteiger partial charge in [-0.3, -0.25) is 4.79 Å². The van der Waals surface area contributed by atoms with E-state index in [9.17, 15) is 13.6 Å². The summed E-state index contributed by atoms with van der Waals surface area (Å²) in [5.74, 6) is -1.38. The summed E-state index contributed by atoms with van der Waals surface area (Å²) in [6, 6.07) is 2.62. The maximum Gasteiger partial charge on any atom is 0.223 e.